The van der Waals surface area contributed by atoms with E-state index in [1.165, 1.54) is 4.90 Å². The molecule has 102 valence electrons. The molecule has 3 rings (SSSR count). The Morgan fingerprint density at radius 1 is 0.950 bits per heavy atom. The third-order valence-electron chi connectivity index (χ3n) is 3.50. The number of ether oxygens (including phenoxy) is 1. The van der Waals surface area contributed by atoms with Crippen molar-refractivity contribution >= 4 is 6.09 Å². The summed E-state index contributed by atoms with van der Waals surface area (Å²) in [4.78, 5) is 13.3. The van der Waals surface area contributed by atoms with Crippen LogP contribution in [0.5, 0.6) is 0 Å². The molecule has 2 aromatic rings. The van der Waals surface area contributed by atoms with Crippen LogP contribution in [-0.4, -0.2) is 29.3 Å². The van der Waals surface area contributed by atoms with Crippen molar-refractivity contribution < 1.29 is 14.6 Å². The number of aliphatic hydroxyl groups is 1. The first-order valence-electron chi connectivity index (χ1n) is 6.51. The first kappa shape index (κ1) is 12.7. The van der Waals surface area contributed by atoms with Gasteiger partial charge < -0.3 is 9.84 Å². The van der Waals surface area contributed by atoms with E-state index < -0.39 is 11.8 Å². The summed E-state index contributed by atoms with van der Waals surface area (Å²) in [5.41, 5.74) is -0.217. The maximum atomic E-state index is 11.9. The van der Waals surface area contributed by atoms with E-state index in [1.807, 2.05) is 36.4 Å². The first-order valence-corrected chi connectivity index (χ1v) is 6.51. The zero-order chi connectivity index (χ0) is 14.0. The molecule has 0 radical (unpaired) electrons. The molecule has 20 heavy (non-hydrogen) atoms. The third kappa shape index (κ3) is 1.94. The Kier molecular flexibility index (Phi) is 3.16. The van der Waals surface area contributed by atoms with E-state index in [9.17, 15) is 9.90 Å². The van der Waals surface area contributed by atoms with Gasteiger partial charge in [-0.2, -0.15) is 0 Å². The smallest absolute Gasteiger partial charge is 0.412 e. The molecule has 0 aromatic heterocycles. The van der Waals surface area contributed by atoms with Crippen LogP contribution >= 0.6 is 0 Å². The molecule has 0 saturated carbocycles. The number of hydrogen-bond acceptors (Lipinski definition) is 3. The molecule has 4 nitrogen and oxygen atoms in total. The van der Waals surface area contributed by atoms with Gasteiger partial charge in [0.1, 0.15) is 6.61 Å². The highest BCUT2D eigenvalue weighted by atomic mass is 16.6. The van der Waals surface area contributed by atoms with Crippen molar-refractivity contribution in [3.8, 4) is 0 Å². The molecule has 2 aromatic carbocycles. The predicted molar refractivity (Wildman–Crippen MR) is 73.9 cm³/mol. The highest BCUT2D eigenvalue weighted by Crippen LogP contribution is 2.35. The van der Waals surface area contributed by atoms with E-state index in [0.29, 0.717) is 24.3 Å². The van der Waals surface area contributed by atoms with Crippen molar-refractivity contribution in [3.05, 3.63) is 71.8 Å². The topological polar surface area (TPSA) is 49.8 Å². The molecular formula is C16H15NO3. The van der Waals surface area contributed by atoms with Gasteiger partial charge in [0.15, 0.2) is 5.72 Å². The molecule has 1 amide bonds. The lowest BCUT2D eigenvalue weighted by atomic mass is 9.93. The van der Waals surface area contributed by atoms with Gasteiger partial charge in [0.2, 0.25) is 0 Å². The Bertz CT molecular complexity index is 558. The Hall–Kier alpha value is -2.33. The predicted octanol–water partition coefficient (Wildman–Crippen LogP) is 2.33. The number of carbonyl (C=O) groups is 1. The lowest BCUT2D eigenvalue weighted by Gasteiger charge is -2.36. The zero-order valence-corrected chi connectivity index (χ0v) is 10.9. The van der Waals surface area contributed by atoms with Gasteiger partial charge in [-0.15, -0.1) is 0 Å². The van der Waals surface area contributed by atoms with Gasteiger partial charge in [-0.3, -0.25) is 4.90 Å². The minimum Gasteiger partial charge on any atom is -0.447 e. The largest absolute Gasteiger partial charge is 0.447 e. The van der Waals surface area contributed by atoms with E-state index in [2.05, 4.69) is 0 Å². The van der Waals surface area contributed by atoms with Crippen LogP contribution in [0.3, 0.4) is 0 Å². The summed E-state index contributed by atoms with van der Waals surface area (Å²) in [6.07, 6.45) is -0.500. The normalized spacial score (nSPS) is 15.2. The second-order valence-corrected chi connectivity index (χ2v) is 4.67. The lowest BCUT2D eigenvalue weighted by molar-refractivity contribution is -0.0456. The van der Waals surface area contributed by atoms with E-state index in [1.54, 1.807) is 24.3 Å². The van der Waals surface area contributed by atoms with Crippen LogP contribution in [0.15, 0.2) is 60.7 Å². The van der Waals surface area contributed by atoms with Crippen LogP contribution in [0.4, 0.5) is 4.79 Å². The van der Waals surface area contributed by atoms with Crippen LogP contribution in [0.25, 0.3) is 0 Å². The van der Waals surface area contributed by atoms with Crippen LogP contribution < -0.4 is 0 Å². The Labute approximate surface area is 117 Å². The van der Waals surface area contributed by atoms with Crippen LogP contribution in [0.2, 0.25) is 0 Å². The van der Waals surface area contributed by atoms with Crippen molar-refractivity contribution in [1.29, 1.82) is 0 Å². The zero-order valence-electron chi connectivity index (χ0n) is 10.9. The first-order chi connectivity index (χ1) is 9.73. The fraction of sp³-hybridized carbons (Fsp3) is 0.188. The van der Waals surface area contributed by atoms with Crippen molar-refractivity contribution in [1.82, 2.24) is 4.90 Å². The van der Waals surface area contributed by atoms with Gasteiger partial charge in [0.25, 0.3) is 0 Å². The molecule has 0 unspecified atom stereocenters. The summed E-state index contributed by atoms with van der Waals surface area (Å²) in [7, 11) is 0. The summed E-state index contributed by atoms with van der Waals surface area (Å²) in [5.74, 6) is 0. The summed E-state index contributed by atoms with van der Waals surface area (Å²) >= 11 is 0. The molecule has 1 aliphatic rings. The van der Waals surface area contributed by atoms with Crippen molar-refractivity contribution in [2.24, 2.45) is 0 Å². The fourth-order valence-corrected chi connectivity index (χ4v) is 2.51. The third-order valence-corrected chi connectivity index (χ3v) is 3.50. The molecule has 1 aliphatic heterocycles. The Morgan fingerprint density at radius 3 is 1.85 bits per heavy atom. The molecular weight excluding hydrogens is 254 g/mol. The number of hydrogen-bond donors (Lipinski definition) is 1. The van der Waals surface area contributed by atoms with Gasteiger partial charge in [-0.05, 0) is 0 Å². The quantitative estimate of drug-likeness (QED) is 0.930. The number of nitrogens with zero attached hydrogens (tertiary/aromatic N) is 1. The van der Waals surface area contributed by atoms with Gasteiger partial charge >= 0.3 is 6.09 Å². The van der Waals surface area contributed by atoms with Gasteiger partial charge in [0.05, 0.1) is 6.54 Å². The number of rotatable bonds is 3. The van der Waals surface area contributed by atoms with Crippen LogP contribution in [0.1, 0.15) is 11.1 Å². The number of cyclic esters (lactones) is 1. The Balaban J connectivity index is 2.15. The van der Waals surface area contributed by atoms with E-state index in [4.69, 9.17) is 4.74 Å². The molecule has 1 heterocycles. The van der Waals surface area contributed by atoms with Crippen molar-refractivity contribution in [2.75, 3.05) is 13.2 Å². The molecule has 0 bridgehead atoms. The number of carbonyl (C=O) groups excluding carboxylic acids is 1. The van der Waals surface area contributed by atoms with Gasteiger partial charge in [0, 0.05) is 11.1 Å². The van der Waals surface area contributed by atoms with E-state index >= 15 is 0 Å². The van der Waals surface area contributed by atoms with Gasteiger partial charge in [-0.1, -0.05) is 60.7 Å². The minimum atomic E-state index is -1.50. The maximum Gasteiger partial charge on any atom is 0.412 e. The average Bonchev–Trinajstić information content (AvgIpc) is 2.95. The molecule has 0 atom stereocenters. The highest BCUT2D eigenvalue weighted by Gasteiger charge is 2.44. The summed E-state index contributed by atoms with van der Waals surface area (Å²) < 4.78 is 4.98. The fourth-order valence-electron chi connectivity index (χ4n) is 2.51. The summed E-state index contributed by atoms with van der Waals surface area (Å²) in [5, 5.41) is 11.2. The second kappa shape index (κ2) is 4.98. The number of benzene rings is 2. The monoisotopic (exact) mass is 269 g/mol. The molecule has 1 fully saturated rings. The lowest BCUT2D eigenvalue weighted by Crippen LogP contribution is -2.47. The van der Waals surface area contributed by atoms with Crippen LogP contribution in [0, 0.1) is 0 Å². The van der Waals surface area contributed by atoms with E-state index in [0.717, 1.165) is 0 Å². The molecule has 0 aliphatic carbocycles. The average molecular weight is 269 g/mol. The minimum absolute atomic E-state index is 0.292. The molecule has 4 heteroatoms. The number of amides is 1. The van der Waals surface area contributed by atoms with Gasteiger partial charge in [-0.25, -0.2) is 4.79 Å². The van der Waals surface area contributed by atoms with Crippen molar-refractivity contribution in [2.45, 2.75) is 5.72 Å². The Morgan fingerprint density at radius 2 is 1.45 bits per heavy atom. The summed E-state index contributed by atoms with van der Waals surface area (Å²) in [6, 6.07) is 18.3. The van der Waals surface area contributed by atoms with Crippen LogP contribution in [-0.2, 0) is 10.5 Å². The standard InChI is InChI=1S/C16H15NO3/c18-15-17(11-12-20-15)16(19,13-7-3-1-4-8-13)14-9-5-2-6-10-14/h1-10,19H,11-12H2. The molecule has 1 N–H and O–H groups in total. The maximum absolute atomic E-state index is 11.9. The van der Waals surface area contributed by atoms with E-state index in [-0.39, 0.29) is 0 Å². The molecule has 1 saturated heterocycles. The highest BCUT2D eigenvalue weighted by molar-refractivity contribution is 5.71. The SMILES string of the molecule is O=C1OCCN1C(O)(c1ccccc1)c1ccccc1. The molecule has 0 spiro atoms. The van der Waals surface area contributed by atoms with Crippen molar-refractivity contribution in [3.63, 3.8) is 0 Å². The summed E-state index contributed by atoms with van der Waals surface area (Å²) in [6.45, 7) is 0.653. The second-order valence-electron chi connectivity index (χ2n) is 4.67.